The van der Waals surface area contributed by atoms with Crippen LogP contribution in [0.2, 0.25) is 0 Å². The number of amides is 1. The van der Waals surface area contributed by atoms with E-state index in [1.165, 1.54) is 12.8 Å². The fourth-order valence-corrected chi connectivity index (χ4v) is 2.22. The number of hydrogen-bond donors (Lipinski definition) is 1. The van der Waals surface area contributed by atoms with Crippen molar-refractivity contribution >= 4 is 5.91 Å². The average molecular weight is 266 g/mol. The highest BCUT2D eigenvalue weighted by Crippen LogP contribution is 2.31. The summed E-state index contributed by atoms with van der Waals surface area (Å²) in [6, 6.07) is 15.5. The number of carbonyl (C=O) groups is 1. The van der Waals surface area contributed by atoms with Crippen LogP contribution >= 0.6 is 0 Å². The third-order valence-corrected chi connectivity index (χ3v) is 3.59. The van der Waals surface area contributed by atoms with Crippen LogP contribution in [0.4, 0.5) is 0 Å². The predicted octanol–water partition coefficient (Wildman–Crippen LogP) is 3.28. The smallest absolute Gasteiger partial charge is 0.269 e. The zero-order valence-electron chi connectivity index (χ0n) is 11.4. The van der Waals surface area contributed by atoms with Gasteiger partial charge in [0, 0.05) is 12.1 Å². The summed E-state index contributed by atoms with van der Waals surface area (Å²) >= 11 is 0. The zero-order valence-corrected chi connectivity index (χ0v) is 11.4. The SMILES string of the molecule is O=C(NCCC1CC1)c1cccc(-c2ccccc2)n1. The van der Waals surface area contributed by atoms with Crippen LogP contribution in [0.3, 0.4) is 0 Å². The molecule has 0 aliphatic heterocycles. The van der Waals surface area contributed by atoms with Crippen LogP contribution in [0.5, 0.6) is 0 Å². The van der Waals surface area contributed by atoms with Gasteiger partial charge >= 0.3 is 0 Å². The number of pyridine rings is 1. The van der Waals surface area contributed by atoms with Gasteiger partial charge in [-0.2, -0.15) is 0 Å². The van der Waals surface area contributed by atoms with Crippen molar-refractivity contribution in [3.63, 3.8) is 0 Å². The van der Waals surface area contributed by atoms with Crippen molar-refractivity contribution < 1.29 is 4.79 Å². The molecule has 102 valence electrons. The topological polar surface area (TPSA) is 42.0 Å². The van der Waals surface area contributed by atoms with Gasteiger partial charge in [0.2, 0.25) is 0 Å². The molecule has 1 aliphatic carbocycles. The highest BCUT2D eigenvalue weighted by Gasteiger charge is 2.20. The zero-order chi connectivity index (χ0) is 13.8. The van der Waals surface area contributed by atoms with Crippen LogP contribution in [-0.2, 0) is 0 Å². The van der Waals surface area contributed by atoms with E-state index in [0.717, 1.165) is 30.1 Å². The van der Waals surface area contributed by atoms with Crippen molar-refractivity contribution in [1.82, 2.24) is 10.3 Å². The summed E-state index contributed by atoms with van der Waals surface area (Å²) in [5, 5.41) is 2.95. The van der Waals surface area contributed by atoms with Crippen LogP contribution in [-0.4, -0.2) is 17.4 Å². The molecule has 0 saturated heterocycles. The van der Waals surface area contributed by atoms with Crippen LogP contribution in [0.1, 0.15) is 29.8 Å². The van der Waals surface area contributed by atoms with Gasteiger partial charge in [0.05, 0.1) is 5.69 Å². The molecule has 3 heteroatoms. The van der Waals surface area contributed by atoms with Crippen molar-refractivity contribution in [1.29, 1.82) is 0 Å². The summed E-state index contributed by atoms with van der Waals surface area (Å²) in [6.45, 7) is 0.751. The molecule has 1 aliphatic rings. The predicted molar refractivity (Wildman–Crippen MR) is 79.3 cm³/mol. The first kappa shape index (κ1) is 12.9. The van der Waals surface area contributed by atoms with Gasteiger partial charge in [-0.15, -0.1) is 0 Å². The summed E-state index contributed by atoms with van der Waals surface area (Å²) in [5.74, 6) is 0.752. The Labute approximate surface area is 119 Å². The first-order chi connectivity index (χ1) is 9.83. The maximum atomic E-state index is 12.1. The molecule has 1 saturated carbocycles. The van der Waals surface area contributed by atoms with Crippen LogP contribution in [0, 0.1) is 5.92 Å². The summed E-state index contributed by atoms with van der Waals surface area (Å²) in [7, 11) is 0. The minimum Gasteiger partial charge on any atom is -0.351 e. The van der Waals surface area contributed by atoms with Crippen molar-refractivity contribution in [2.75, 3.05) is 6.54 Å². The average Bonchev–Trinajstić information content (AvgIpc) is 3.32. The largest absolute Gasteiger partial charge is 0.351 e. The lowest BCUT2D eigenvalue weighted by molar-refractivity contribution is 0.0948. The number of rotatable bonds is 5. The van der Waals surface area contributed by atoms with Crippen molar-refractivity contribution in [2.45, 2.75) is 19.3 Å². The highest BCUT2D eigenvalue weighted by molar-refractivity contribution is 5.92. The molecule has 1 fully saturated rings. The minimum atomic E-state index is -0.0802. The lowest BCUT2D eigenvalue weighted by atomic mass is 10.1. The normalized spacial score (nSPS) is 14.0. The second-order valence-electron chi connectivity index (χ2n) is 5.26. The first-order valence-electron chi connectivity index (χ1n) is 7.13. The standard InChI is InChI=1S/C17H18N2O/c20-17(18-12-11-13-9-10-13)16-8-4-7-15(19-16)14-5-2-1-3-6-14/h1-8,13H,9-12H2,(H,18,20). The van der Waals surface area contributed by atoms with E-state index in [1.807, 2.05) is 42.5 Å². The second-order valence-corrected chi connectivity index (χ2v) is 5.26. The van der Waals surface area contributed by atoms with E-state index in [2.05, 4.69) is 10.3 Å². The maximum Gasteiger partial charge on any atom is 0.269 e. The Morgan fingerprint density at radius 1 is 1.10 bits per heavy atom. The van der Waals surface area contributed by atoms with E-state index >= 15 is 0 Å². The molecule has 20 heavy (non-hydrogen) atoms. The molecule has 0 unspecified atom stereocenters. The molecule has 0 atom stereocenters. The summed E-state index contributed by atoms with van der Waals surface area (Å²) in [5.41, 5.74) is 2.35. The van der Waals surface area contributed by atoms with Crippen LogP contribution in [0.25, 0.3) is 11.3 Å². The third-order valence-electron chi connectivity index (χ3n) is 3.59. The molecule has 1 aromatic carbocycles. The number of nitrogens with zero attached hydrogens (tertiary/aromatic N) is 1. The minimum absolute atomic E-state index is 0.0802. The van der Waals surface area contributed by atoms with Crippen LogP contribution in [0.15, 0.2) is 48.5 Å². The van der Waals surface area contributed by atoms with Crippen molar-refractivity contribution in [3.8, 4) is 11.3 Å². The molecule has 0 spiro atoms. The first-order valence-corrected chi connectivity index (χ1v) is 7.13. The molecule has 0 radical (unpaired) electrons. The lowest BCUT2D eigenvalue weighted by Crippen LogP contribution is -2.25. The Hall–Kier alpha value is -2.16. The van der Waals surface area contributed by atoms with Crippen molar-refractivity contribution in [3.05, 3.63) is 54.2 Å². The molecule has 2 aromatic rings. The van der Waals surface area contributed by atoms with E-state index in [9.17, 15) is 4.79 Å². The number of aromatic nitrogens is 1. The second kappa shape index (κ2) is 5.87. The molecule has 1 aromatic heterocycles. The van der Waals surface area contributed by atoms with Gasteiger partial charge in [0.1, 0.15) is 5.69 Å². The van der Waals surface area contributed by atoms with Crippen molar-refractivity contribution in [2.24, 2.45) is 5.92 Å². The number of nitrogens with one attached hydrogen (secondary N) is 1. The Morgan fingerprint density at radius 3 is 2.65 bits per heavy atom. The fraction of sp³-hybridized carbons (Fsp3) is 0.294. The van der Waals surface area contributed by atoms with E-state index in [0.29, 0.717) is 5.69 Å². The Balaban J connectivity index is 1.68. The Bertz CT molecular complexity index is 591. The fourth-order valence-electron chi connectivity index (χ4n) is 2.22. The summed E-state index contributed by atoms with van der Waals surface area (Å²) in [4.78, 5) is 16.5. The van der Waals surface area contributed by atoms with Gasteiger partial charge in [0.25, 0.3) is 5.91 Å². The number of hydrogen-bond acceptors (Lipinski definition) is 2. The molecule has 0 bridgehead atoms. The Morgan fingerprint density at radius 2 is 1.90 bits per heavy atom. The highest BCUT2D eigenvalue weighted by atomic mass is 16.1. The molecule has 3 rings (SSSR count). The van der Waals surface area contributed by atoms with E-state index in [1.54, 1.807) is 6.07 Å². The molecule has 3 nitrogen and oxygen atoms in total. The number of benzene rings is 1. The van der Waals surface area contributed by atoms with Gasteiger partial charge in [-0.25, -0.2) is 4.98 Å². The molecular weight excluding hydrogens is 248 g/mol. The molecular formula is C17H18N2O. The van der Waals surface area contributed by atoms with E-state index in [-0.39, 0.29) is 5.91 Å². The van der Waals surface area contributed by atoms with Gasteiger partial charge in [-0.3, -0.25) is 4.79 Å². The molecule has 1 amide bonds. The van der Waals surface area contributed by atoms with Gasteiger partial charge < -0.3 is 5.32 Å². The Kier molecular flexibility index (Phi) is 3.77. The maximum absolute atomic E-state index is 12.1. The van der Waals surface area contributed by atoms with E-state index in [4.69, 9.17) is 0 Å². The van der Waals surface area contributed by atoms with E-state index < -0.39 is 0 Å². The van der Waals surface area contributed by atoms with Crippen LogP contribution < -0.4 is 5.32 Å². The lowest BCUT2D eigenvalue weighted by Gasteiger charge is -2.06. The summed E-state index contributed by atoms with van der Waals surface area (Å²) in [6.07, 6.45) is 3.72. The molecule has 1 heterocycles. The monoisotopic (exact) mass is 266 g/mol. The quantitative estimate of drug-likeness (QED) is 0.902. The van der Waals surface area contributed by atoms with Gasteiger partial charge in [-0.05, 0) is 24.5 Å². The molecule has 1 N–H and O–H groups in total. The van der Waals surface area contributed by atoms with Gasteiger partial charge in [0.15, 0.2) is 0 Å². The summed E-state index contributed by atoms with van der Waals surface area (Å²) < 4.78 is 0. The number of carbonyl (C=O) groups excluding carboxylic acids is 1. The van der Waals surface area contributed by atoms with Gasteiger partial charge in [-0.1, -0.05) is 49.2 Å². The third kappa shape index (κ3) is 3.23.